The summed E-state index contributed by atoms with van der Waals surface area (Å²) in [7, 11) is 1.75. The lowest BCUT2D eigenvalue weighted by atomic mass is 10.1. The molecule has 0 rings (SSSR count). The quantitative estimate of drug-likeness (QED) is 0.252. The summed E-state index contributed by atoms with van der Waals surface area (Å²) in [6.45, 7) is 1.48. The van der Waals surface area contributed by atoms with Crippen LogP contribution >= 0.6 is 12.6 Å². The molecule has 0 amide bonds. The van der Waals surface area contributed by atoms with Crippen LogP contribution in [0.4, 0.5) is 0 Å². The van der Waals surface area contributed by atoms with Gasteiger partial charge in [0.2, 0.25) is 0 Å². The van der Waals surface area contributed by atoms with E-state index in [4.69, 9.17) is 9.47 Å². The third-order valence-corrected chi connectivity index (χ3v) is 3.86. The van der Waals surface area contributed by atoms with E-state index in [1.54, 1.807) is 7.11 Å². The van der Waals surface area contributed by atoms with E-state index in [1.807, 2.05) is 0 Å². The molecule has 0 atom stereocenters. The van der Waals surface area contributed by atoms with E-state index in [2.05, 4.69) is 12.6 Å². The van der Waals surface area contributed by atoms with E-state index < -0.39 is 0 Å². The molecule has 0 N–H and O–H groups in total. The zero-order valence-corrected chi connectivity index (χ0v) is 14.7. The molecule has 0 aliphatic carbocycles. The van der Waals surface area contributed by atoms with Crippen molar-refractivity contribution in [3.63, 3.8) is 0 Å². The first-order valence-electron chi connectivity index (χ1n) is 8.56. The van der Waals surface area contributed by atoms with Crippen LogP contribution in [0.3, 0.4) is 0 Å². The van der Waals surface area contributed by atoms with Gasteiger partial charge in [0.1, 0.15) is 0 Å². The molecular weight excluding hydrogens is 284 g/mol. The first-order valence-corrected chi connectivity index (χ1v) is 9.20. The summed E-state index contributed by atoms with van der Waals surface area (Å²) in [6, 6.07) is 0. The van der Waals surface area contributed by atoms with Gasteiger partial charge in [0.25, 0.3) is 0 Å². The zero-order valence-electron chi connectivity index (χ0n) is 13.8. The Morgan fingerprint density at radius 1 is 0.762 bits per heavy atom. The van der Waals surface area contributed by atoms with E-state index in [-0.39, 0.29) is 5.97 Å². The van der Waals surface area contributed by atoms with Crippen LogP contribution in [0.2, 0.25) is 0 Å². The van der Waals surface area contributed by atoms with Gasteiger partial charge in [-0.15, -0.1) is 0 Å². The standard InChI is InChI=1S/C17H34O3S/c1-19-14-10-6-3-2-4-7-11-15-20-17(18)13-9-5-8-12-16-21/h21H,2-16H2,1H3. The molecule has 0 aliphatic heterocycles. The van der Waals surface area contributed by atoms with Crippen LogP contribution in [0.25, 0.3) is 0 Å². The molecule has 0 spiro atoms. The molecule has 0 unspecified atom stereocenters. The topological polar surface area (TPSA) is 35.5 Å². The first-order chi connectivity index (χ1) is 10.3. The molecule has 0 fully saturated rings. The molecule has 3 nitrogen and oxygen atoms in total. The number of hydrogen-bond donors (Lipinski definition) is 1. The maximum atomic E-state index is 11.5. The van der Waals surface area contributed by atoms with Crippen molar-refractivity contribution in [2.24, 2.45) is 0 Å². The lowest BCUT2D eigenvalue weighted by molar-refractivity contribution is -0.143. The van der Waals surface area contributed by atoms with Gasteiger partial charge in [-0.2, -0.15) is 12.6 Å². The average Bonchev–Trinajstić information content (AvgIpc) is 2.49. The molecule has 0 aromatic heterocycles. The number of rotatable bonds is 16. The van der Waals surface area contributed by atoms with Crippen LogP contribution in [0.1, 0.15) is 77.0 Å². The highest BCUT2D eigenvalue weighted by Crippen LogP contribution is 2.08. The molecule has 0 saturated heterocycles. The smallest absolute Gasteiger partial charge is 0.305 e. The summed E-state index contributed by atoms with van der Waals surface area (Å²) in [6.07, 6.45) is 13.4. The van der Waals surface area contributed by atoms with Crippen molar-refractivity contribution in [1.82, 2.24) is 0 Å². The molecule has 0 saturated carbocycles. The number of unbranched alkanes of at least 4 members (excludes halogenated alkanes) is 9. The number of thiol groups is 1. The van der Waals surface area contributed by atoms with Gasteiger partial charge in [-0.1, -0.05) is 44.9 Å². The van der Waals surface area contributed by atoms with Crippen molar-refractivity contribution in [3.8, 4) is 0 Å². The lowest BCUT2D eigenvalue weighted by Crippen LogP contribution is -2.05. The third-order valence-electron chi connectivity index (χ3n) is 3.54. The maximum Gasteiger partial charge on any atom is 0.305 e. The number of carbonyl (C=O) groups excluding carboxylic acids is 1. The third kappa shape index (κ3) is 17.7. The Morgan fingerprint density at radius 2 is 1.29 bits per heavy atom. The van der Waals surface area contributed by atoms with Gasteiger partial charge in [0.05, 0.1) is 6.61 Å². The van der Waals surface area contributed by atoms with E-state index in [1.165, 1.54) is 44.9 Å². The molecule has 0 aromatic carbocycles. The van der Waals surface area contributed by atoms with Gasteiger partial charge in [0.15, 0.2) is 0 Å². The first kappa shape index (κ1) is 20.8. The molecule has 0 heterocycles. The van der Waals surface area contributed by atoms with Crippen LogP contribution < -0.4 is 0 Å². The summed E-state index contributed by atoms with van der Waals surface area (Å²) in [5, 5.41) is 0. The zero-order chi connectivity index (χ0) is 15.6. The molecular formula is C17H34O3S. The summed E-state index contributed by atoms with van der Waals surface area (Å²) >= 11 is 4.17. The highest BCUT2D eigenvalue weighted by Gasteiger charge is 2.02. The normalized spacial score (nSPS) is 10.8. The second-order valence-electron chi connectivity index (χ2n) is 5.58. The summed E-state index contributed by atoms with van der Waals surface area (Å²) in [5.41, 5.74) is 0. The number of carbonyl (C=O) groups is 1. The highest BCUT2D eigenvalue weighted by molar-refractivity contribution is 7.80. The molecule has 0 aromatic rings. The molecule has 21 heavy (non-hydrogen) atoms. The van der Waals surface area contributed by atoms with Crippen molar-refractivity contribution < 1.29 is 14.3 Å². The monoisotopic (exact) mass is 318 g/mol. The van der Waals surface area contributed by atoms with Crippen LogP contribution in [-0.2, 0) is 14.3 Å². The fourth-order valence-electron chi connectivity index (χ4n) is 2.23. The Bertz CT molecular complexity index is 222. The molecule has 4 heteroatoms. The second kappa shape index (κ2) is 17.8. The highest BCUT2D eigenvalue weighted by atomic mass is 32.1. The van der Waals surface area contributed by atoms with Crippen molar-refractivity contribution in [1.29, 1.82) is 0 Å². The van der Waals surface area contributed by atoms with Gasteiger partial charge in [-0.25, -0.2) is 0 Å². The van der Waals surface area contributed by atoms with E-state index >= 15 is 0 Å². The predicted octanol–water partition coefficient (Wildman–Crippen LogP) is 4.79. The summed E-state index contributed by atoms with van der Waals surface area (Å²) < 4.78 is 10.3. The minimum atomic E-state index is -0.0274. The Balaban J connectivity index is 3.11. The Hall–Kier alpha value is -0.220. The van der Waals surface area contributed by atoms with Crippen molar-refractivity contribution in [2.75, 3.05) is 26.1 Å². The van der Waals surface area contributed by atoms with Crippen molar-refractivity contribution >= 4 is 18.6 Å². The van der Waals surface area contributed by atoms with E-state index in [9.17, 15) is 4.79 Å². The largest absolute Gasteiger partial charge is 0.466 e. The number of esters is 1. The van der Waals surface area contributed by atoms with Crippen LogP contribution in [0.5, 0.6) is 0 Å². The molecule has 126 valence electrons. The number of hydrogen-bond acceptors (Lipinski definition) is 4. The van der Waals surface area contributed by atoms with Crippen LogP contribution in [0, 0.1) is 0 Å². The molecule has 0 radical (unpaired) electrons. The van der Waals surface area contributed by atoms with Gasteiger partial charge in [0, 0.05) is 20.1 Å². The summed E-state index contributed by atoms with van der Waals surface area (Å²) in [5.74, 6) is 0.914. The Labute approximate surface area is 136 Å². The van der Waals surface area contributed by atoms with Crippen molar-refractivity contribution in [2.45, 2.75) is 77.0 Å². The molecule has 0 bridgehead atoms. The van der Waals surface area contributed by atoms with E-state index in [0.717, 1.165) is 38.0 Å². The molecule has 0 aliphatic rings. The average molecular weight is 319 g/mol. The number of ether oxygens (including phenoxy) is 2. The fourth-order valence-corrected chi connectivity index (χ4v) is 2.45. The lowest BCUT2D eigenvalue weighted by Gasteiger charge is -2.05. The van der Waals surface area contributed by atoms with Crippen LogP contribution in [-0.4, -0.2) is 32.0 Å². The van der Waals surface area contributed by atoms with Gasteiger partial charge < -0.3 is 9.47 Å². The SMILES string of the molecule is COCCCCCCCCCOC(=O)CCCCCCS. The number of methoxy groups -OCH3 is 1. The fraction of sp³-hybridized carbons (Fsp3) is 0.941. The van der Waals surface area contributed by atoms with E-state index in [0.29, 0.717) is 13.0 Å². The minimum absolute atomic E-state index is 0.0274. The maximum absolute atomic E-state index is 11.5. The van der Waals surface area contributed by atoms with Crippen LogP contribution in [0.15, 0.2) is 0 Å². The Kier molecular flexibility index (Phi) is 17.6. The minimum Gasteiger partial charge on any atom is -0.466 e. The second-order valence-corrected chi connectivity index (χ2v) is 6.02. The van der Waals surface area contributed by atoms with Gasteiger partial charge in [-0.3, -0.25) is 4.79 Å². The summed E-state index contributed by atoms with van der Waals surface area (Å²) in [4.78, 5) is 11.5. The van der Waals surface area contributed by atoms with Crippen molar-refractivity contribution in [3.05, 3.63) is 0 Å². The predicted molar refractivity (Wildman–Crippen MR) is 92.1 cm³/mol. The van der Waals surface area contributed by atoms with Gasteiger partial charge >= 0.3 is 5.97 Å². The Morgan fingerprint density at radius 3 is 1.90 bits per heavy atom. The van der Waals surface area contributed by atoms with Gasteiger partial charge in [-0.05, 0) is 31.4 Å².